The van der Waals surface area contributed by atoms with Crippen molar-refractivity contribution >= 4 is 0 Å². The van der Waals surface area contributed by atoms with E-state index in [0.717, 1.165) is 17.7 Å². The molecule has 0 atom stereocenters. The van der Waals surface area contributed by atoms with Gasteiger partial charge in [-0.2, -0.15) is 0 Å². The summed E-state index contributed by atoms with van der Waals surface area (Å²) in [7, 11) is 0. The van der Waals surface area contributed by atoms with Crippen molar-refractivity contribution in [3.63, 3.8) is 0 Å². The average molecular weight is 152 g/mol. The third-order valence-electron chi connectivity index (χ3n) is 1.87. The topological polar surface area (TPSA) is 48.0 Å². The fourth-order valence-corrected chi connectivity index (χ4v) is 1.07. The molecular weight excluding hydrogens is 140 g/mol. The molecule has 0 saturated carbocycles. The van der Waals surface area contributed by atoms with E-state index in [-0.39, 0.29) is 5.56 Å². The van der Waals surface area contributed by atoms with Crippen molar-refractivity contribution in [1.82, 2.24) is 4.68 Å². The first-order valence-electron chi connectivity index (χ1n) is 3.63. The van der Waals surface area contributed by atoms with E-state index in [1.807, 2.05) is 19.9 Å². The summed E-state index contributed by atoms with van der Waals surface area (Å²) in [6, 6.07) is 3.31. The maximum absolute atomic E-state index is 10.9. The van der Waals surface area contributed by atoms with Gasteiger partial charge in [0.2, 0.25) is 0 Å². The zero-order chi connectivity index (χ0) is 8.43. The Balaban J connectivity index is 3.37. The summed E-state index contributed by atoms with van der Waals surface area (Å²) in [4.78, 5) is 10.9. The lowest BCUT2D eigenvalue weighted by Crippen LogP contribution is -2.29. The quantitative estimate of drug-likeness (QED) is 0.593. The van der Waals surface area contributed by atoms with Crippen molar-refractivity contribution in [2.24, 2.45) is 0 Å². The molecule has 0 aliphatic heterocycles. The van der Waals surface area contributed by atoms with Crippen molar-refractivity contribution in [2.45, 2.75) is 20.3 Å². The molecule has 0 aliphatic carbocycles. The second-order valence-corrected chi connectivity index (χ2v) is 2.51. The van der Waals surface area contributed by atoms with E-state index in [1.54, 1.807) is 0 Å². The van der Waals surface area contributed by atoms with Crippen LogP contribution in [-0.2, 0) is 6.42 Å². The summed E-state index contributed by atoms with van der Waals surface area (Å²) in [5, 5.41) is 0. The van der Waals surface area contributed by atoms with Gasteiger partial charge in [-0.3, -0.25) is 4.79 Å². The number of nitrogens with zero attached hydrogens (tertiary/aromatic N) is 1. The average Bonchev–Trinajstić information content (AvgIpc) is 2.01. The molecule has 0 fully saturated rings. The van der Waals surface area contributed by atoms with Crippen LogP contribution >= 0.6 is 0 Å². The second kappa shape index (κ2) is 2.78. The van der Waals surface area contributed by atoms with Crippen LogP contribution in [-0.4, -0.2) is 4.68 Å². The first-order chi connectivity index (χ1) is 5.16. The Morgan fingerprint density at radius 2 is 2.18 bits per heavy atom. The minimum atomic E-state index is -0.153. The Morgan fingerprint density at radius 3 is 2.73 bits per heavy atom. The van der Waals surface area contributed by atoms with E-state index in [2.05, 4.69) is 0 Å². The van der Waals surface area contributed by atoms with Crippen LogP contribution in [0.1, 0.15) is 18.2 Å². The van der Waals surface area contributed by atoms with Gasteiger partial charge >= 0.3 is 0 Å². The zero-order valence-electron chi connectivity index (χ0n) is 6.79. The highest BCUT2D eigenvalue weighted by Gasteiger charge is 1.99. The molecule has 1 heterocycles. The molecule has 60 valence electrons. The highest BCUT2D eigenvalue weighted by Crippen LogP contribution is 2.02. The van der Waals surface area contributed by atoms with Gasteiger partial charge in [0.15, 0.2) is 0 Å². The van der Waals surface area contributed by atoms with Gasteiger partial charge in [-0.25, -0.2) is 4.68 Å². The van der Waals surface area contributed by atoms with Gasteiger partial charge in [-0.05, 0) is 18.9 Å². The van der Waals surface area contributed by atoms with Gasteiger partial charge in [0, 0.05) is 11.8 Å². The van der Waals surface area contributed by atoms with Gasteiger partial charge in [0.05, 0.1) is 0 Å². The number of aryl methyl sites for hydroxylation is 1. The van der Waals surface area contributed by atoms with Crippen LogP contribution < -0.4 is 11.4 Å². The van der Waals surface area contributed by atoms with Gasteiger partial charge < -0.3 is 5.84 Å². The van der Waals surface area contributed by atoms with E-state index >= 15 is 0 Å². The smallest absolute Gasteiger partial charge is 0.268 e. The molecular formula is C8H12N2O. The van der Waals surface area contributed by atoms with Crippen molar-refractivity contribution in [2.75, 3.05) is 5.84 Å². The lowest BCUT2D eigenvalue weighted by molar-refractivity contribution is 0.856. The van der Waals surface area contributed by atoms with Crippen LogP contribution in [0, 0.1) is 6.92 Å². The minimum absolute atomic E-state index is 0.153. The normalized spacial score (nSPS) is 10.0. The molecule has 0 saturated heterocycles. The molecule has 0 unspecified atom stereocenters. The van der Waals surface area contributed by atoms with Gasteiger partial charge in [-0.1, -0.05) is 13.0 Å². The Bertz CT molecular complexity index is 314. The van der Waals surface area contributed by atoms with Crippen molar-refractivity contribution in [3.8, 4) is 0 Å². The van der Waals surface area contributed by atoms with Crippen LogP contribution in [0.5, 0.6) is 0 Å². The van der Waals surface area contributed by atoms with E-state index in [1.165, 1.54) is 10.7 Å². The maximum atomic E-state index is 10.9. The summed E-state index contributed by atoms with van der Waals surface area (Å²) >= 11 is 0. The van der Waals surface area contributed by atoms with E-state index < -0.39 is 0 Å². The number of nitrogens with two attached hydrogens (primary N) is 1. The molecule has 2 N–H and O–H groups in total. The molecule has 0 aliphatic rings. The van der Waals surface area contributed by atoms with Gasteiger partial charge in [-0.15, -0.1) is 0 Å². The molecule has 1 rings (SSSR count). The van der Waals surface area contributed by atoms with Crippen LogP contribution in [0.3, 0.4) is 0 Å². The third kappa shape index (κ3) is 1.27. The fraction of sp³-hybridized carbons (Fsp3) is 0.375. The van der Waals surface area contributed by atoms with Crippen LogP contribution in [0.25, 0.3) is 0 Å². The van der Waals surface area contributed by atoms with Crippen molar-refractivity contribution in [1.29, 1.82) is 0 Å². The largest absolute Gasteiger partial charge is 0.336 e. The second-order valence-electron chi connectivity index (χ2n) is 2.51. The summed E-state index contributed by atoms with van der Waals surface area (Å²) in [6.07, 6.45) is 0.906. The van der Waals surface area contributed by atoms with Crippen molar-refractivity contribution in [3.05, 3.63) is 33.7 Å². The summed E-state index contributed by atoms with van der Waals surface area (Å²) in [5.74, 6) is 5.46. The lowest BCUT2D eigenvalue weighted by Gasteiger charge is -2.06. The van der Waals surface area contributed by atoms with E-state index in [9.17, 15) is 4.79 Å². The molecule has 0 spiro atoms. The van der Waals surface area contributed by atoms with Crippen LogP contribution in [0.15, 0.2) is 16.9 Å². The molecule has 3 nitrogen and oxygen atoms in total. The molecule has 3 heteroatoms. The number of aromatic nitrogens is 1. The number of pyridine rings is 1. The predicted molar refractivity (Wildman–Crippen MR) is 45.0 cm³/mol. The van der Waals surface area contributed by atoms with Gasteiger partial charge in [0.25, 0.3) is 5.56 Å². The summed E-state index contributed by atoms with van der Waals surface area (Å²) in [6.45, 7) is 3.88. The van der Waals surface area contributed by atoms with Crippen molar-refractivity contribution < 1.29 is 0 Å². The first-order valence-corrected chi connectivity index (χ1v) is 3.63. The number of hydrogen-bond donors (Lipinski definition) is 1. The number of nitrogen functional groups attached to an aromatic ring is 1. The molecule has 0 bridgehead atoms. The Labute approximate surface area is 65.4 Å². The summed E-state index contributed by atoms with van der Waals surface area (Å²) in [5.41, 5.74) is 1.81. The van der Waals surface area contributed by atoms with Crippen LogP contribution in [0.2, 0.25) is 0 Å². The standard InChI is InChI=1S/C8H12N2O/c1-3-7-4-5-8(11)10(9)6(7)2/h4-5H,3,9H2,1-2H3. The maximum Gasteiger partial charge on any atom is 0.268 e. The molecule has 0 amide bonds. The molecule has 0 radical (unpaired) electrons. The zero-order valence-corrected chi connectivity index (χ0v) is 6.79. The van der Waals surface area contributed by atoms with E-state index in [0.29, 0.717) is 0 Å². The first kappa shape index (κ1) is 7.85. The summed E-state index contributed by atoms with van der Waals surface area (Å²) < 4.78 is 1.18. The highest BCUT2D eigenvalue weighted by molar-refractivity contribution is 5.19. The highest BCUT2D eigenvalue weighted by atomic mass is 16.1. The minimum Gasteiger partial charge on any atom is -0.336 e. The predicted octanol–water partition coefficient (Wildman–Crippen LogP) is 0.433. The molecule has 0 aromatic carbocycles. The molecule has 1 aromatic heterocycles. The van der Waals surface area contributed by atoms with E-state index in [4.69, 9.17) is 5.84 Å². The van der Waals surface area contributed by atoms with Gasteiger partial charge in [0.1, 0.15) is 0 Å². The third-order valence-corrected chi connectivity index (χ3v) is 1.87. The Kier molecular flexibility index (Phi) is 1.98. The molecule has 1 aromatic rings. The Morgan fingerprint density at radius 1 is 1.55 bits per heavy atom. The molecule has 11 heavy (non-hydrogen) atoms. The fourth-order valence-electron chi connectivity index (χ4n) is 1.07. The lowest BCUT2D eigenvalue weighted by atomic mass is 10.1. The SMILES string of the molecule is CCc1ccc(=O)n(N)c1C. The monoisotopic (exact) mass is 152 g/mol. The number of rotatable bonds is 1. The van der Waals surface area contributed by atoms with Crippen LogP contribution in [0.4, 0.5) is 0 Å². The Hall–Kier alpha value is -1.25. The number of hydrogen-bond acceptors (Lipinski definition) is 2.